The zero-order valence-electron chi connectivity index (χ0n) is 16.8. The Morgan fingerprint density at radius 3 is 2.71 bits per heavy atom. The number of hydrogen-bond acceptors (Lipinski definition) is 7. The van der Waals surface area contributed by atoms with Crippen LogP contribution in [-0.4, -0.2) is 43.0 Å². The molecule has 0 radical (unpaired) electrons. The summed E-state index contributed by atoms with van der Waals surface area (Å²) in [6, 6.07) is 15.9. The molecule has 3 rings (SSSR count). The number of ether oxygens (including phenoxy) is 2. The lowest BCUT2D eigenvalue weighted by Crippen LogP contribution is -2.28. The lowest BCUT2D eigenvalue weighted by atomic mass is 10.1. The van der Waals surface area contributed by atoms with Crippen molar-refractivity contribution in [2.45, 2.75) is 11.5 Å². The van der Waals surface area contributed by atoms with Crippen LogP contribution >= 0.6 is 23.4 Å². The van der Waals surface area contributed by atoms with Crippen molar-refractivity contribution >= 4 is 35.2 Å². The number of esters is 1. The van der Waals surface area contributed by atoms with Gasteiger partial charge in [-0.05, 0) is 24.3 Å². The van der Waals surface area contributed by atoms with Gasteiger partial charge in [-0.2, -0.15) is 0 Å². The molecule has 0 atom stereocenters. The van der Waals surface area contributed by atoms with Gasteiger partial charge in [-0.3, -0.25) is 4.79 Å². The number of nitrogens with zero attached hydrogens (tertiary/aromatic N) is 1. The van der Waals surface area contributed by atoms with Crippen LogP contribution in [0.5, 0.6) is 0 Å². The van der Waals surface area contributed by atoms with Gasteiger partial charge in [-0.1, -0.05) is 41.0 Å². The van der Waals surface area contributed by atoms with Gasteiger partial charge in [0.15, 0.2) is 12.4 Å². The molecule has 1 amide bonds. The van der Waals surface area contributed by atoms with E-state index < -0.39 is 5.97 Å². The summed E-state index contributed by atoms with van der Waals surface area (Å²) in [4.78, 5) is 25.1. The Kier molecular flexibility index (Phi) is 8.52. The predicted molar refractivity (Wildman–Crippen MR) is 118 cm³/mol. The fourth-order valence-corrected chi connectivity index (χ4v) is 3.60. The van der Waals surface area contributed by atoms with Crippen LogP contribution in [0.4, 0.5) is 0 Å². The monoisotopic (exact) mass is 460 g/mol. The van der Waals surface area contributed by atoms with E-state index in [1.54, 1.807) is 49.6 Å². The third kappa shape index (κ3) is 6.85. The topological polar surface area (TPSA) is 90.7 Å². The SMILES string of the molecule is COCCNC(=O)CSc1ccccc1C(=O)OCc1cc(-c2ccc(Cl)cc2)no1. The van der Waals surface area contributed by atoms with Gasteiger partial charge in [-0.25, -0.2) is 4.79 Å². The maximum atomic E-state index is 12.6. The van der Waals surface area contributed by atoms with Crippen molar-refractivity contribution in [3.05, 3.63) is 70.9 Å². The maximum Gasteiger partial charge on any atom is 0.339 e. The molecule has 0 saturated carbocycles. The summed E-state index contributed by atoms with van der Waals surface area (Å²) in [5.74, 6) is -0.0458. The van der Waals surface area contributed by atoms with Crippen LogP contribution in [0.2, 0.25) is 5.02 Å². The number of carbonyl (C=O) groups excluding carboxylic acids is 2. The molecule has 31 heavy (non-hydrogen) atoms. The number of carbonyl (C=O) groups is 2. The minimum Gasteiger partial charge on any atom is -0.454 e. The van der Waals surface area contributed by atoms with Crippen molar-refractivity contribution in [1.82, 2.24) is 10.5 Å². The van der Waals surface area contributed by atoms with E-state index in [0.717, 1.165) is 5.56 Å². The molecule has 1 aromatic heterocycles. The first-order valence-electron chi connectivity index (χ1n) is 9.43. The highest BCUT2D eigenvalue weighted by Gasteiger charge is 2.16. The number of aromatic nitrogens is 1. The van der Waals surface area contributed by atoms with Crippen LogP contribution in [0.15, 0.2) is 64.0 Å². The number of hydrogen-bond donors (Lipinski definition) is 1. The highest BCUT2D eigenvalue weighted by molar-refractivity contribution is 8.00. The van der Waals surface area contributed by atoms with E-state index in [9.17, 15) is 9.59 Å². The Morgan fingerprint density at radius 1 is 1.16 bits per heavy atom. The first-order valence-corrected chi connectivity index (χ1v) is 10.8. The second-order valence-electron chi connectivity index (χ2n) is 6.39. The van der Waals surface area contributed by atoms with Crippen LogP contribution in [0.25, 0.3) is 11.3 Å². The van der Waals surface area contributed by atoms with Crippen LogP contribution in [0.1, 0.15) is 16.1 Å². The summed E-state index contributed by atoms with van der Waals surface area (Å²) in [6.07, 6.45) is 0. The summed E-state index contributed by atoms with van der Waals surface area (Å²) in [6.45, 7) is 0.825. The maximum absolute atomic E-state index is 12.6. The van der Waals surface area contributed by atoms with Gasteiger partial charge in [0.2, 0.25) is 5.91 Å². The largest absolute Gasteiger partial charge is 0.454 e. The average molecular weight is 461 g/mol. The molecule has 0 aliphatic heterocycles. The molecule has 1 heterocycles. The van der Waals surface area contributed by atoms with E-state index in [1.807, 2.05) is 12.1 Å². The first-order chi connectivity index (χ1) is 15.1. The van der Waals surface area contributed by atoms with Crippen molar-refractivity contribution in [2.24, 2.45) is 0 Å². The molecule has 0 bridgehead atoms. The number of benzene rings is 2. The fraction of sp³-hybridized carbons (Fsp3) is 0.227. The molecule has 0 fully saturated rings. The van der Waals surface area contributed by atoms with Gasteiger partial charge >= 0.3 is 5.97 Å². The van der Waals surface area contributed by atoms with Crippen molar-refractivity contribution in [3.8, 4) is 11.3 Å². The van der Waals surface area contributed by atoms with Gasteiger partial charge < -0.3 is 19.3 Å². The zero-order chi connectivity index (χ0) is 22.1. The zero-order valence-corrected chi connectivity index (χ0v) is 18.4. The minimum absolute atomic E-state index is 0.0596. The highest BCUT2D eigenvalue weighted by atomic mass is 35.5. The summed E-state index contributed by atoms with van der Waals surface area (Å²) in [5.41, 5.74) is 1.85. The standard InChI is InChI=1S/C22H21ClN2O5S/c1-28-11-10-24-21(26)14-31-20-5-3-2-4-18(20)22(27)29-13-17-12-19(25-30-17)15-6-8-16(23)9-7-15/h2-9,12H,10-11,13-14H2,1H3,(H,24,26). The smallest absolute Gasteiger partial charge is 0.339 e. The minimum atomic E-state index is -0.507. The molecule has 1 N–H and O–H groups in total. The normalized spacial score (nSPS) is 10.6. The second kappa shape index (κ2) is 11.5. The lowest BCUT2D eigenvalue weighted by molar-refractivity contribution is -0.118. The molecule has 2 aromatic carbocycles. The molecule has 0 aliphatic rings. The number of halogens is 1. The number of nitrogens with one attached hydrogen (secondary N) is 1. The Bertz CT molecular complexity index is 1020. The molecular weight excluding hydrogens is 440 g/mol. The molecule has 7 nitrogen and oxygen atoms in total. The third-order valence-corrected chi connectivity index (χ3v) is 5.46. The van der Waals surface area contributed by atoms with Crippen LogP contribution < -0.4 is 5.32 Å². The van der Waals surface area contributed by atoms with Gasteiger partial charge in [0.05, 0.1) is 17.9 Å². The van der Waals surface area contributed by atoms with Gasteiger partial charge in [0.25, 0.3) is 0 Å². The van der Waals surface area contributed by atoms with Gasteiger partial charge in [-0.15, -0.1) is 11.8 Å². The average Bonchev–Trinajstić information content (AvgIpc) is 3.26. The van der Waals surface area contributed by atoms with E-state index in [0.29, 0.717) is 40.1 Å². The van der Waals surface area contributed by atoms with Gasteiger partial charge in [0.1, 0.15) is 5.69 Å². The highest BCUT2D eigenvalue weighted by Crippen LogP contribution is 2.25. The van der Waals surface area contributed by atoms with E-state index in [2.05, 4.69) is 10.5 Å². The molecule has 9 heteroatoms. The predicted octanol–water partition coefficient (Wildman–Crippen LogP) is 4.21. The molecular formula is C22H21ClN2O5S. The number of rotatable bonds is 10. The van der Waals surface area contributed by atoms with Gasteiger partial charge in [0, 0.05) is 35.2 Å². The lowest BCUT2D eigenvalue weighted by Gasteiger charge is -2.09. The van der Waals surface area contributed by atoms with Crippen molar-refractivity contribution in [1.29, 1.82) is 0 Å². The van der Waals surface area contributed by atoms with Crippen molar-refractivity contribution in [2.75, 3.05) is 26.0 Å². The first kappa shape index (κ1) is 22.9. The summed E-state index contributed by atoms with van der Waals surface area (Å²) in [7, 11) is 1.57. The number of methoxy groups -OCH3 is 1. The fourth-order valence-electron chi connectivity index (χ4n) is 2.60. The summed E-state index contributed by atoms with van der Waals surface area (Å²) >= 11 is 7.16. The van der Waals surface area contributed by atoms with E-state index in [4.69, 9.17) is 25.6 Å². The number of thioether (sulfide) groups is 1. The summed E-state index contributed by atoms with van der Waals surface area (Å²) in [5, 5.41) is 7.37. The summed E-state index contributed by atoms with van der Waals surface area (Å²) < 4.78 is 15.5. The molecule has 0 spiro atoms. The Labute approximate surface area is 189 Å². The molecule has 0 saturated heterocycles. The Hall–Kier alpha value is -2.81. The van der Waals surface area contributed by atoms with Crippen molar-refractivity contribution in [3.63, 3.8) is 0 Å². The Morgan fingerprint density at radius 2 is 1.94 bits per heavy atom. The second-order valence-corrected chi connectivity index (χ2v) is 7.84. The van der Waals surface area contributed by atoms with E-state index in [-0.39, 0.29) is 18.3 Å². The van der Waals surface area contributed by atoms with Crippen molar-refractivity contribution < 1.29 is 23.6 Å². The quantitative estimate of drug-likeness (QED) is 0.275. The molecule has 3 aromatic rings. The van der Waals surface area contributed by atoms with Crippen LogP contribution in [-0.2, 0) is 20.9 Å². The molecule has 0 aliphatic carbocycles. The third-order valence-electron chi connectivity index (χ3n) is 4.14. The van der Waals surface area contributed by atoms with Crippen LogP contribution in [0.3, 0.4) is 0 Å². The van der Waals surface area contributed by atoms with E-state index >= 15 is 0 Å². The Balaban J connectivity index is 1.56. The molecule has 162 valence electrons. The van der Waals surface area contributed by atoms with Crippen LogP contribution in [0, 0.1) is 0 Å². The van der Waals surface area contributed by atoms with E-state index in [1.165, 1.54) is 11.8 Å². The number of amides is 1. The molecule has 0 unspecified atom stereocenters.